The van der Waals surface area contributed by atoms with Crippen molar-refractivity contribution in [3.63, 3.8) is 0 Å². The van der Waals surface area contributed by atoms with Crippen molar-refractivity contribution in [2.45, 2.75) is 19.6 Å². The second-order valence-corrected chi connectivity index (χ2v) is 4.70. The third-order valence-corrected chi connectivity index (χ3v) is 3.18. The third kappa shape index (κ3) is 2.03. The minimum atomic E-state index is 0.854. The molecule has 0 bridgehead atoms. The molecule has 0 spiro atoms. The molecule has 4 heteroatoms. The molecule has 1 aliphatic heterocycles. The van der Waals surface area contributed by atoms with Crippen LogP contribution in [0, 0.1) is 0 Å². The van der Waals surface area contributed by atoms with Crippen LogP contribution in [-0.2, 0) is 26.7 Å². The Morgan fingerprint density at radius 2 is 2.12 bits per heavy atom. The summed E-state index contributed by atoms with van der Waals surface area (Å²) in [7, 11) is 1.95. The second-order valence-electron chi connectivity index (χ2n) is 4.70. The smallest absolute Gasteiger partial charge is 0.0534 e. The molecule has 0 aliphatic carbocycles. The first-order valence-corrected chi connectivity index (χ1v) is 5.78. The number of hydrogen-bond donors (Lipinski definition) is 1. The van der Waals surface area contributed by atoms with Crippen molar-refractivity contribution in [1.82, 2.24) is 14.7 Å². The van der Waals surface area contributed by atoms with E-state index in [9.17, 15) is 0 Å². The molecule has 1 aromatic heterocycles. The predicted octanol–water partition coefficient (Wildman–Crippen LogP) is 1.52. The fourth-order valence-corrected chi connectivity index (χ4v) is 2.41. The van der Waals surface area contributed by atoms with Gasteiger partial charge in [-0.15, -0.1) is 0 Å². The van der Waals surface area contributed by atoms with Gasteiger partial charge in [0.2, 0.25) is 0 Å². The van der Waals surface area contributed by atoms with E-state index in [4.69, 9.17) is 5.73 Å². The molecule has 17 heavy (non-hydrogen) atoms. The molecule has 0 amide bonds. The molecule has 4 nitrogen and oxygen atoms in total. The second kappa shape index (κ2) is 3.89. The summed E-state index contributed by atoms with van der Waals surface area (Å²) < 4.78 is 1.84. The average Bonchev–Trinajstić information content (AvgIpc) is 2.84. The van der Waals surface area contributed by atoms with E-state index in [1.54, 1.807) is 0 Å². The summed E-state index contributed by atoms with van der Waals surface area (Å²) in [5.74, 6) is 0. The molecule has 1 aromatic carbocycles. The van der Waals surface area contributed by atoms with E-state index in [0.717, 1.165) is 25.3 Å². The van der Waals surface area contributed by atoms with Crippen LogP contribution >= 0.6 is 0 Å². The van der Waals surface area contributed by atoms with Gasteiger partial charge in [0, 0.05) is 44.1 Å². The normalized spacial score (nSPS) is 15.1. The number of nitrogen functional groups attached to an aromatic ring is 1. The Balaban J connectivity index is 1.74. The van der Waals surface area contributed by atoms with E-state index < -0.39 is 0 Å². The van der Waals surface area contributed by atoms with E-state index in [2.05, 4.69) is 28.3 Å². The lowest BCUT2D eigenvalue weighted by Gasteiger charge is -2.12. The molecule has 3 rings (SSSR count). The number of aryl methyl sites for hydroxylation is 1. The van der Waals surface area contributed by atoms with Crippen molar-refractivity contribution < 1.29 is 0 Å². The Labute approximate surface area is 101 Å². The summed E-state index contributed by atoms with van der Waals surface area (Å²) in [5.41, 5.74) is 10.7. The van der Waals surface area contributed by atoms with Gasteiger partial charge in [0.25, 0.3) is 0 Å². The van der Waals surface area contributed by atoms with Crippen LogP contribution in [0.3, 0.4) is 0 Å². The summed E-state index contributed by atoms with van der Waals surface area (Å²) in [4.78, 5) is 2.40. The zero-order valence-corrected chi connectivity index (χ0v) is 9.93. The molecular weight excluding hydrogens is 212 g/mol. The first-order chi connectivity index (χ1) is 8.20. The summed E-state index contributed by atoms with van der Waals surface area (Å²) >= 11 is 0. The number of benzene rings is 1. The Hall–Kier alpha value is -1.81. The van der Waals surface area contributed by atoms with Crippen LogP contribution in [0.15, 0.2) is 30.6 Å². The van der Waals surface area contributed by atoms with E-state index in [0.29, 0.717) is 0 Å². The van der Waals surface area contributed by atoms with Crippen LogP contribution in [0.1, 0.15) is 16.7 Å². The molecule has 0 unspecified atom stereocenters. The van der Waals surface area contributed by atoms with Gasteiger partial charge >= 0.3 is 0 Å². The highest BCUT2D eigenvalue weighted by Gasteiger charge is 2.19. The van der Waals surface area contributed by atoms with E-state index in [-0.39, 0.29) is 0 Å². The molecule has 0 saturated carbocycles. The Morgan fingerprint density at radius 3 is 2.88 bits per heavy atom. The lowest BCUT2D eigenvalue weighted by atomic mass is 10.1. The topological polar surface area (TPSA) is 47.1 Å². The lowest BCUT2D eigenvalue weighted by Crippen LogP contribution is -2.15. The van der Waals surface area contributed by atoms with Crippen LogP contribution in [0.4, 0.5) is 5.69 Å². The van der Waals surface area contributed by atoms with Crippen LogP contribution in [0.2, 0.25) is 0 Å². The maximum Gasteiger partial charge on any atom is 0.0534 e. The molecule has 0 atom stereocenters. The maximum atomic E-state index is 5.80. The quantitative estimate of drug-likeness (QED) is 0.793. The lowest BCUT2D eigenvalue weighted by molar-refractivity contribution is 0.275. The molecule has 2 aromatic rings. The monoisotopic (exact) mass is 228 g/mol. The molecular formula is C13H16N4. The van der Waals surface area contributed by atoms with Gasteiger partial charge in [-0.25, -0.2) is 0 Å². The van der Waals surface area contributed by atoms with Crippen molar-refractivity contribution in [3.8, 4) is 0 Å². The fraction of sp³-hybridized carbons (Fsp3) is 0.308. The minimum absolute atomic E-state index is 0.854. The molecule has 88 valence electrons. The number of aromatic nitrogens is 2. The van der Waals surface area contributed by atoms with Gasteiger partial charge in [-0.05, 0) is 23.3 Å². The highest BCUT2D eigenvalue weighted by Crippen LogP contribution is 2.25. The van der Waals surface area contributed by atoms with Crippen molar-refractivity contribution >= 4 is 5.69 Å². The van der Waals surface area contributed by atoms with Crippen molar-refractivity contribution in [2.24, 2.45) is 7.05 Å². The van der Waals surface area contributed by atoms with Gasteiger partial charge in [0.1, 0.15) is 0 Å². The van der Waals surface area contributed by atoms with Crippen molar-refractivity contribution in [2.75, 3.05) is 5.73 Å². The third-order valence-electron chi connectivity index (χ3n) is 3.18. The van der Waals surface area contributed by atoms with E-state index in [1.807, 2.05) is 24.0 Å². The molecule has 0 saturated heterocycles. The van der Waals surface area contributed by atoms with Crippen LogP contribution < -0.4 is 5.73 Å². The SMILES string of the molecule is Cn1cc(CN2Cc3ccc(N)cc3C2)cn1. The number of hydrogen-bond acceptors (Lipinski definition) is 3. The first-order valence-electron chi connectivity index (χ1n) is 5.78. The molecule has 1 aliphatic rings. The Bertz CT molecular complexity index is 542. The number of anilines is 1. The summed E-state index contributed by atoms with van der Waals surface area (Å²) in [6.45, 7) is 2.93. The average molecular weight is 228 g/mol. The van der Waals surface area contributed by atoms with Gasteiger partial charge in [-0.1, -0.05) is 6.07 Å². The standard InChI is InChI=1S/C13H16N4/c1-16-6-10(5-15-16)7-17-8-11-2-3-13(14)4-12(11)9-17/h2-6H,7-9,14H2,1H3. The summed E-state index contributed by atoms with van der Waals surface area (Å²) in [6.07, 6.45) is 3.99. The van der Waals surface area contributed by atoms with Crippen LogP contribution in [-0.4, -0.2) is 14.7 Å². The van der Waals surface area contributed by atoms with Crippen molar-refractivity contribution in [1.29, 1.82) is 0 Å². The van der Waals surface area contributed by atoms with Gasteiger partial charge in [-0.2, -0.15) is 5.10 Å². The molecule has 2 heterocycles. The largest absolute Gasteiger partial charge is 0.399 e. The zero-order chi connectivity index (χ0) is 11.8. The number of rotatable bonds is 2. The van der Waals surface area contributed by atoms with Gasteiger partial charge in [0.05, 0.1) is 6.20 Å². The summed E-state index contributed by atoms with van der Waals surface area (Å²) in [6, 6.07) is 6.19. The van der Waals surface area contributed by atoms with Gasteiger partial charge < -0.3 is 5.73 Å². The van der Waals surface area contributed by atoms with Crippen molar-refractivity contribution in [3.05, 3.63) is 47.3 Å². The maximum absolute atomic E-state index is 5.80. The van der Waals surface area contributed by atoms with Crippen LogP contribution in [0.25, 0.3) is 0 Å². The van der Waals surface area contributed by atoms with E-state index in [1.165, 1.54) is 16.7 Å². The van der Waals surface area contributed by atoms with Gasteiger partial charge in [-0.3, -0.25) is 9.58 Å². The Kier molecular flexibility index (Phi) is 2.37. The highest BCUT2D eigenvalue weighted by atomic mass is 15.2. The first kappa shape index (κ1) is 10.4. The fourth-order valence-electron chi connectivity index (χ4n) is 2.41. The van der Waals surface area contributed by atoms with Crippen LogP contribution in [0.5, 0.6) is 0 Å². The number of nitrogens with zero attached hydrogens (tertiary/aromatic N) is 3. The minimum Gasteiger partial charge on any atom is -0.399 e. The predicted molar refractivity (Wildman–Crippen MR) is 67.0 cm³/mol. The molecule has 0 radical (unpaired) electrons. The molecule has 0 fully saturated rings. The van der Waals surface area contributed by atoms with Gasteiger partial charge in [0.15, 0.2) is 0 Å². The number of fused-ring (bicyclic) bond motifs is 1. The highest BCUT2D eigenvalue weighted by molar-refractivity contribution is 5.46. The Morgan fingerprint density at radius 1 is 1.29 bits per heavy atom. The summed E-state index contributed by atoms with van der Waals surface area (Å²) in [5, 5.41) is 4.19. The van der Waals surface area contributed by atoms with E-state index >= 15 is 0 Å². The number of nitrogens with two attached hydrogens (primary N) is 1. The molecule has 2 N–H and O–H groups in total. The zero-order valence-electron chi connectivity index (χ0n) is 9.93.